The van der Waals surface area contributed by atoms with Gasteiger partial charge in [0.1, 0.15) is 6.10 Å². The lowest BCUT2D eigenvalue weighted by atomic mass is 10.1. The zero-order valence-corrected chi connectivity index (χ0v) is 11.3. The van der Waals surface area contributed by atoms with Gasteiger partial charge in [-0.3, -0.25) is 4.84 Å². The van der Waals surface area contributed by atoms with Crippen LogP contribution < -0.4 is 5.32 Å². The molecule has 0 bridgehead atoms. The number of ether oxygens (including phenoxy) is 1. The minimum Gasteiger partial charge on any atom is -0.446 e. The molecule has 100 valence electrons. The maximum Gasteiger partial charge on any atom is 0.407 e. The highest BCUT2D eigenvalue weighted by atomic mass is 16.7. The molecule has 0 aromatic heterocycles. The molecule has 0 aromatic rings. The molecule has 5 nitrogen and oxygen atoms in total. The quantitative estimate of drug-likeness (QED) is 0.824. The van der Waals surface area contributed by atoms with Crippen molar-refractivity contribution in [1.82, 2.24) is 10.4 Å². The van der Waals surface area contributed by atoms with E-state index in [2.05, 4.69) is 5.32 Å². The Morgan fingerprint density at radius 3 is 2.41 bits per heavy atom. The molecule has 0 radical (unpaired) electrons. The Bertz CT molecular complexity index is 243. The van der Waals surface area contributed by atoms with Gasteiger partial charge in [-0.25, -0.2) is 4.79 Å². The molecule has 1 heterocycles. The van der Waals surface area contributed by atoms with E-state index in [1.54, 1.807) is 0 Å². The lowest BCUT2D eigenvalue weighted by molar-refractivity contribution is -0.175. The van der Waals surface area contributed by atoms with E-state index in [1.807, 2.05) is 32.8 Å². The Balaban J connectivity index is 2.24. The highest BCUT2D eigenvalue weighted by molar-refractivity contribution is 5.68. The van der Waals surface area contributed by atoms with E-state index >= 15 is 0 Å². The summed E-state index contributed by atoms with van der Waals surface area (Å²) in [7, 11) is 0. The van der Waals surface area contributed by atoms with Crippen molar-refractivity contribution in [1.29, 1.82) is 0 Å². The Labute approximate surface area is 103 Å². The fraction of sp³-hybridized carbons (Fsp3) is 0.917. The molecule has 0 atom stereocenters. The van der Waals surface area contributed by atoms with Crippen molar-refractivity contribution in [3.8, 4) is 0 Å². The third-order valence-corrected chi connectivity index (χ3v) is 2.46. The van der Waals surface area contributed by atoms with Gasteiger partial charge in [-0.1, -0.05) is 0 Å². The van der Waals surface area contributed by atoms with Crippen molar-refractivity contribution in [3.05, 3.63) is 0 Å². The van der Waals surface area contributed by atoms with Gasteiger partial charge in [0, 0.05) is 18.6 Å². The van der Waals surface area contributed by atoms with Gasteiger partial charge in [0.25, 0.3) is 0 Å². The summed E-state index contributed by atoms with van der Waals surface area (Å²) in [5.74, 6) is 0. The maximum absolute atomic E-state index is 11.6. The molecule has 1 amide bonds. The largest absolute Gasteiger partial charge is 0.446 e. The number of hydrogen-bond donors (Lipinski definition) is 1. The Morgan fingerprint density at radius 2 is 1.94 bits per heavy atom. The van der Waals surface area contributed by atoms with Crippen LogP contribution in [0.5, 0.6) is 0 Å². The van der Waals surface area contributed by atoms with Crippen molar-refractivity contribution in [2.24, 2.45) is 0 Å². The first-order valence-corrected chi connectivity index (χ1v) is 6.27. The van der Waals surface area contributed by atoms with E-state index in [9.17, 15) is 4.79 Å². The molecule has 1 rings (SSSR count). The minimum atomic E-state index is -0.327. The van der Waals surface area contributed by atoms with Crippen molar-refractivity contribution >= 4 is 6.09 Å². The number of alkyl carbamates (subject to hydrolysis) is 1. The molecule has 0 aliphatic carbocycles. The highest BCUT2D eigenvalue weighted by Gasteiger charge is 2.24. The van der Waals surface area contributed by atoms with Crippen LogP contribution in [0.4, 0.5) is 4.79 Å². The predicted octanol–water partition coefficient (Wildman–Crippen LogP) is 1.93. The molecular formula is C12H24N2O3. The summed E-state index contributed by atoms with van der Waals surface area (Å²) in [4.78, 5) is 16.9. The molecule has 0 saturated carbocycles. The van der Waals surface area contributed by atoms with Crippen LogP contribution in [0.25, 0.3) is 0 Å². The van der Waals surface area contributed by atoms with E-state index in [0.29, 0.717) is 6.61 Å². The number of hydroxylamine groups is 2. The van der Waals surface area contributed by atoms with Crippen LogP contribution in [0.15, 0.2) is 0 Å². The topological polar surface area (TPSA) is 50.8 Å². The third-order valence-electron chi connectivity index (χ3n) is 2.46. The van der Waals surface area contributed by atoms with E-state index in [-0.39, 0.29) is 17.7 Å². The molecule has 0 spiro atoms. The first kappa shape index (κ1) is 14.3. The monoisotopic (exact) mass is 244 g/mol. The van der Waals surface area contributed by atoms with Gasteiger partial charge in [0.05, 0.1) is 6.61 Å². The van der Waals surface area contributed by atoms with Gasteiger partial charge in [-0.15, -0.1) is 0 Å². The highest BCUT2D eigenvalue weighted by Crippen LogP contribution is 2.14. The lowest BCUT2D eigenvalue weighted by Gasteiger charge is -2.31. The van der Waals surface area contributed by atoms with Crippen LogP contribution in [-0.4, -0.2) is 42.5 Å². The summed E-state index contributed by atoms with van der Waals surface area (Å²) in [5, 5.41) is 4.73. The van der Waals surface area contributed by atoms with Crippen molar-refractivity contribution < 1.29 is 14.4 Å². The zero-order valence-electron chi connectivity index (χ0n) is 11.3. The number of carbonyl (C=O) groups excluding carboxylic acids is 1. The summed E-state index contributed by atoms with van der Waals surface area (Å²) >= 11 is 0. The predicted molar refractivity (Wildman–Crippen MR) is 65.6 cm³/mol. The second kappa shape index (κ2) is 6.21. The number of hydrogen-bond acceptors (Lipinski definition) is 4. The van der Waals surface area contributed by atoms with E-state index in [1.165, 1.54) is 0 Å². The summed E-state index contributed by atoms with van der Waals surface area (Å²) in [6.45, 7) is 10.1. The van der Waals surface area contributed by atoms with Gasteiger partial charge in [0.15, 0.2) is 0 Å². The van der Waals surface area contributed by atoms with Gasteiger partial charge in [0.2, 0.25) is 0 Å². The van der Waals surface area contributed by atoms with E-state index < -0.39 is 0 Å². The number of nitrogens with zero attached hydrogens (tertiary/aromatic N) is 1. The van der Waals surface area contributed by atoms with Crippen molar-refractivity contribution in [2.45, 2.75) is 52.2 Å². The Kier molecular flexibility index (Phi) is 5.21. The van der Waals surface area contributed by atoms with Crippen molar-refractivity contribution in [3.63, 3.8) is 0 Å². The van der Waals surface area contributed by atoms with Crippen LogP contribution in [0.2, 0.25) is 0 Å². The minimum absolute atomic E-state index is 0.00839. The zero-order chi connectivity index (χ0) is 12.9. The molecule has 0 aromatic carbocycles. The molecule has 5 heteroatoms. The molecule has 1 N–H and O–H groups in total. The summed E-state index contributed by atoms with van der Waals surface area (Å²) < 4.78 is 5.36. The normalized spacial score (nSPS) is 19.1. The number of amides is 1. The van der Waals surface area contributed by atoms with Gasteiger partial charge in [-0.05, 0) is 40.5 Å². The van der Waals surface area contributed by atoms with Crippen molar-refractivity contribution in [2.75, 3.05) is 19.7 Å². The maximum atomic E-state index is 11.6. The second-order valence-electron chi connectivity index (χ2n) is 5.33. The molecule has 0 unspecified atom stereocenters. The molecule has 1 aliphatic heterocycles. The first-order chi connectivity index (χ1) is 7.90. The van der Waals surface area contributed by atoms with Crippen LogP contribution in [-0.2, 0) is 9.57 Å². The molecule has 1 saturated heterocycles. The number of rotatable bonds is 3. The van der Waals surface area contributed by atoms with E-state index in [0.717, 1.165) is 25.9 Å². The van der Waals surface area contributed by atoms with Gasteiger partial charge >= 0.3 is 6.09 Å². The summed E-state index contributed by atoms with van der Waals surface area (Å²) in [6, 6.07) is 0. The smallest absolute Gasteiger partial charge is 0.407 e. The summed E-state index contributed by atoms with van der Waals surface area (Å²) in [6.07, 6.45) is 1.34. The Hall–Kier alpha value is -0.810. The molecular weight excluding hydrogens is 220 g/mol. The van der Waals surface area contributed by atoms with Gasteiger partial charge < -0.3 is 10.1 Å². The fourth-order valence-corrected chi connectivity index (χ4v) is 1.75. The van der Waals surface area contributed by atoms with Crippen LogP contribution >= 0.6 is 0 Å². The van der Waals surface area contributed by atoms with Gasteiger partial charge in [-0.2, -0.15) is 5.06 Å². The SMILES string of the molecule is CCON1CCC(OC(=O)NC(C)(C)C)CC1. The summed E-state index contributed by atoms with van der Waals surface area (Å²) in [5.41, 5.74) is -0.247. The molecule has 1 fully saturated rings. The Morgan fingerprint density at radius 1 is 1.35 bits per heavy atom. The lowest BCUT2D eigenvalue weighted by Crippen LogP contribution is -2.44. The third kappa shape index (κ3) is 5.89. The first-order valence-electron chi connectivity index (χ1n) is 6.27. The van der Waals surface area contributed by atoms with Crippen LogP contribution in [0.3, 0.4) is 0 Å². The van der Waals surface area contributed by atoms with Crippen LogP contribution in [0, 0.1) is 0 Å². The fourth-order valence-electron chi connectivity index (χ4n) is 1.75. The second-order valence-corrected chi connectivity index (χ2v) is 5.33. The average molecular weight is 244 g/mol. The average Bonchev–Trinajstić information content (AvgIpc) is 2.18. The standard InChI is InChI=1S/C12H24N2O3/c1-5-16-14-8-6-10(7-9-14)17-11(15)13-12(2,3)4/h10H,5-9H2,1-4H3,(H,13,15). The number of nitrogens with one attached hydrogen (secondary N) is 1. The molecule has 1 aliphatic rings. The number of piperidine rings is 1. The van der Waals surface area contributed by atoms with Crippen LogP contribution in [0.1, 0.15) is 40.5 Å². The molecule has 17 heavy (non-hydrogen) atoms. The number of carbonyl (C=O) groups is 1. The van der Waals surface area contributed by atoms with E-state index in [4.69, 9.17) is 9.57 Å².